The number of carbonyl (C=O) groups excluding carboxylic acids is 1. The second kappa shape index (κ2) is 5.55. The van der Waals surface area contributed by atoms with Gasteiger partial charge >= 0.3 is 5.97 Å². The Balaban J connectivity index is 1.99. The Labute approximate surface area is 109 Å². The third kappa shape index (κ3) is 2.84. The summed E-state index contributed by atoms with van der Waals surface area (Å²) in [6.45, 7) is 4.73. The quantitative estimate of drug-likeness (QED) is 0.730. The largest absolute Gasteiger partial charge is 0.468 e. The second-order valence-corrected chi connectivity index (χ2v) is 5.57. The van der Waals surface area contributed by atoms with Gasteiger partial charge in [0.05, 0.1) is 19.8 Å². The van der Waals surface area contributed by atoms with Gasteiger partial charge in [0.25, 0.3) is 0 Å². The van der Waals surface area contributed by atoms with E-state index in [1.807, 2.05) is 0 Å². The van der Waals surface area contributed by atoms with E-state index in [0.717, 1.165) is 39.0 Å². The van der Waals surface area contributed by atoms with Crippen molar-refractivity contribution in [1.29, 1.82) is 0 Å². The molecule has 0 amide bonds. The van der Waals surface area contributed by atoms with Crippen LogP contribution in [-0.4, -0.2) is 55.4 Å². The van der Waals surface area contributed by atoms with Gasteiger partial charge in [-0.05, 0) is 32.6 Å². The van der Waals surface area contributed by atoms with Crippen LogP contribution in [0.25, 0.3) is 0 Å². The Bertz CT molecular complexity index is 311. The average Bonchev–Trinajstić information content (AvgIpc) is 2.38. The molecule has 3 unspecified atom stereocenters. The first-order chi connectivity index (χ1) is 8.55. The van der Waals surface area contributed by atoms with Gasteiger partial charge in [0.1, 0.15) is 5.54 Å². The fourth-order valence-electron chi connectivity index (χ4n) is 3.16. The number of methoxy groups -OCH3 is 1. The molecular weight excluding hydrogens is 232 g/mol. The minimum atomic E-state index is -0.792. The number of hydrogen-bond acceptors (Lipinski definition) is 5. The normalized spacial score (nSPS) is 38.4. The molecule has 0 aromatic rings. The van der Waals surface area contributed by atoms with Crippen LogP contribution in [0.2, 0.25) is 0 Å². The molecule has 1 saturated heterocycles. The maximum absolute atomic E-state index is 11.8. The molecule has 0 aromatic heterocycles. The summed E-state index contributed by atoms with van der Waals surface area (Å²) < 4.78 is 10.4. The molecule has 2 N–H and O–H groups in total. The van der Waals surface area contributed by atoms with Gasteiger partial charge in [0.2, 0.25) is 0 Å². The molecule has 18 heavy (non-hydrogen) atoms. The monoisotopic (exact) mass is 256 g/mol. The van der Waals surface area contributed by atoms with Gasteiger partial charge in [-0.2, -0.15) is 0 Å². The highest BCUT2D eigenvalue weighted by Gasteiger charge is 2.42. The van der Waals surface area contributed by atoms with Gasteiger partial charge in [0, 0.05) is 19.1 Å². The predicted octanol–water partition coefficient (Wildman–Crippen LogP) is 0.520. The summed E-state index contributed by atoms with van der Waals surface area (Å²) in [6, 6.07) is 0.384. The van der Waals surface area contributed by atoms with E-state index in [4.69, 9.17) is 15.2 Å². The van der Waals surface area contributed by atoms with Crippen molar-refractivity contribution in [1.82, 2.24) is 4.90 Å². The number of nitrogens with zero attached hydrogens (tertiary/aromatic N) is 1. The topological polar surface area (TPSA) is 64.8 Å². The van der Waals surface area contributed by atoms with Crippen LogP contribution in [0.5, 0.6) is 0 Å². The molecule has 1 aliphatic heterocycles. The molecule has 0 spiro atoms. The summed E-state index contributed by atoms with van der Waals surface area (Å²) in [6.07, 6.45) is 3.80. The first-order valence-electron chi connectivity index (χ1n) is 6.78. The third-order valence-corrected chi connectivity index (χ3v) is 4.14. The molecule has 0 radical (unpaired) electrons. The van der Waals surface area contributed by atoms with Gasteiger partial charge in [0.15, 0.2) is 0 Å². The molecule has 104 valence electrons. The lowest BCUT2D eigenvalue weighted by atomic mass is 9.79. The maximum Gasteiger partial charge on any atom is 0.325 e. The summed E-state index contributed by atoms with van der Waals surface area (Å²) in [5, 5.41) is 0. The smallest absolute Gasteiger partial charge is 0.325 e. The van der Waals surface area contributed by atoms with Crippen molar-refractivity contribution in [3.05, 3.63) is 0 Å². The Morgan fingerprint density at radius 2 is 2.33 bits per heavy atom. The maximum atomic E-state index is 11.8. The lowest BCUT2D eigenvalue weighted by Gasteiger charge is -2.43. The number of nitrogens with two attached hydrogens (primary N) is 1. The van der Waals surface area contributed by atoms with E-state index in [1.165, 1.54) is 7.11 Å². The molecule has 1 saturated carbocycles. The van der Waals surface area contributed by atoms with E-state index in [2.05, 4.69) is 11.8 Å². The van der Waals surface area contributed by atoms with Gasteiger partial charge in [-0.25, -0.2) is 0 Å². The number of hydrogen-bond donors (Lipinski definition) is 1. The number of esters is 1. The molecule has 2 aliphatic rings. The van der Waals surface area contributed by atoms with Gasteiger partial charge in [-0.1, -0.05) is 0 Å². The van der Waals surface area contributed by atoms with Crippen molar-refractivity contribution in [3.63, 3.8) is 0 Å². The van der Waals surface area contributed by atoms with Crippen LogP contribution in [0.3, 0.4) is 0 Å². The summed E-state index contributed by atoms with van der Waals surface area (Å²) in [5.74, 6) is -0.270. The highest BCUT2D eigenvalue weighted by Crippen LogP contribution is 2.31. The van der Waals surface area contributed by atoms with Gasteiger partial charge in [-0.15, -0.1) is 0 Å². The summed E-state index contributed by atoms with van der Waals surface area (Å²) >= 11 is 0. The fraction of sp³-hybridized carbons (Fsp3) is 0.923. The van der Waals surface area contributed by atoms with Crippen LogP contribution in [0.15, 0.2) is 0 Å². The Hall–Kier alpha value is -0.650. The standard InChI is InChI=1S/C13H24N2O3/c1-10-9-15(6-7-18-10)11-4-3-5-13(14,8-11)12(16)17-2/h10-11H,3-9,14H2,1-2H3. The molecule has 1 aliphatic carbocycles. The predicted molar refractivity (Wildman–Crippen MR) is 68.2 cm³/mol. The van der Waals surface area contributed by atoms with Crippen molar-refractivity contribution in [3.8, 4) is 0 Å². The number of ether oxygens (including phenoxy) is 2. The molecule has 3 atom stereocenters. The summed E-state index contributed by atoms with van der Waals surface area (Å²) in [7, 11) is 1.41. The van der Waals surface area contributed by atoms with Gasteiger partial charge in [-0.3, -0.25) is 9.69 Å². The SMILES string of the molecule is COC(=O)C1(N)CCCC(N2CCOC(C)C2)C1. The van der Waals surface area contributed by atoms with E-state index in [1.54, 1.807) is 0 Å². The Morgan fingerprint density at radius 1 is 1.56 bits per heavy atom. The van der Waals surface area contributed by atoms with Crippen LogP contribution < -0.4 is 5.73 Å². The molecule has 2 fully saturated rings. The third-order valence-electron chi connectivity index (χ3n) is 4.14. The minimum absolute atomic E-state index is 0.269. The second-order valence-electron chi connectivity index (χ2n) is 5.57. The first kappa shape index (κ1) is 13.8. The van der Waals surface area contributed by atoms with Crippen molar-refractivity contribution < 1.29 is 14.3 Å². The van der Waals surface area contributed by atoms with E-state index in [9.17, 15) is 4.79 Å². The van der Waals surface area contributed by atoms with Crippen LogP contribution in [0.1, 0.15) is 32.6 Å². The van der Waals surface area contributed by atoms with Crippen molar-refractivity contribution in [2.24, 2.45) is 5.73 Å². The van der Waals surface area contributed by atoms with E-state index >= 15 is 0 Å². The summed E-state index contributed by atoms with van der Waals surface area (Å²) in [4.78, 5) is 14.2. The van der Waals surface area contributed by atoms with E-state index < -0.39 is 5.54 Å². The molecule has 1 heterocycles. The summed E-state index contributed by atoms with van der Waals surface area (Å²) in [5.41, 5.74) is 5.42. The zero-order valence-electron chi connectivity index (χ0n) is 11.4. The fourth-order valence-corrected chi connectivity index (χ4v) is 3.16. The van der Waals surface area contributed by atoms with Crippen LogP contribution in [0, 0.1) is 0 Å². The van der Waals surface area contributed by atoms with Crippen molar-refractivity contribution in [2.75, 3.05) is 26.8 Å². The molecule has 2 rings (SSSR count). The minimum Gasteiger partial charge on any atom is -0.468 e. The highest BCUT2D eigenvalue weighted by atomic mass is 16.5. The lowest BCUT2D eigenvalue weighted by molar-refractivity contribution is -0.149. The number of morpholine rings is 1. The average molecular weight is 256 g/mol. The highest BCUT2D eigenvalue weighted by molar-refractivity contribution is 5.80. The zero-order valence-corrected chi connectivity index (χ0v) is 11.4. The molecule has 5 heteroatoms. The first-order valence-corrected chi connectivity index (χ1v) is 6.78. The number of carbonyl (C=O) groups is 1. The van der Waals surface area contributed by atoms with Crippen molar-refractivity contribution >= 4 is 5.97 Å². The van der Waals surface area contributed by atoms with Crippen LogP contribution in [-0.2, 0) is 14.3 Å². The number of rotatable bonds is 2. The lowest BCUT2D eigenvalue weighted by Crippen LogP contribution is -2.58. The molecule has 0 aromatic carbocycles. The molecule has 5 nitrogen and oxygen atoms in total. The molecule has 0 bridgehead atoms. The van der Waals surface area contributed by atoms with E-state index in [0.29, 0.717) is 12.5 Å². The Morgan fingerprint density at radius 3 is 3.00 bits per heavy atom. The zero-order chi connectivity index (χ0) is 13.2. The van der Waals surface area contributed by atoms with Crippen LogP contribution >= 0.6 is 0 Å². The molecular formula is C13H24N2O3. The van der Waals surface area contributed by atoms with E-state index in [-0.39, 0.29) is 12.1 Å². The van der Waals surface area contributed by atoms with Gasteiger partial charge < -0.3 is 15.2 Å². The van der Waals surface area contributed by atoms with Crippen molar-refractivity contribution in [2.45, 2.75) is 50.3 Å². The Kier molecular flexibility index (Phi) is 4.25. The van der Waals surface area contributed by atoms with Crippen LogP contribution in [0.4, 0.5) is 0 Å².